The van der Waals surface area contributed by atoms with Gasteiger partial charge in [0, 0.05) is 6.04 Å². The molecule has 0 aromatic heterocycles. The summed E-state index contributed by atoms with van der Waals surface area (Å²) < 4.78 is 5.46. The number of carbonyl (C=O) groups is 3. The average molecular weight is 544 g/mol. The van der Waals surface area contributed by atoms with E-state index in [0.717, 1.165) is 25.7 Å². The average Bonchev–Trinajstić information content (AvgIpc) is 3.26. The molecular weight excluding hydrogens is 502 g/mol. The molecule has 212 valence electrons. The predicted octanol–water partition coefficient (Wildman–Crippen LogP) is 5.25. The Morgan fingerprint density at radius 1 is 0.950 bits per heavy atom. The standard InChI is InChI=1S/C33H41N3O4/c1-33(2,3)40-32(39)35-27-17-9-10-19-28-24(20-22-12-5-4-6-13-22)21-29(36(28)31(27)38)30(37)34-26-18-11-15-23-14-7-8-16-25(23)26/h4-10,12-14,16,24,26-29H,11,15,17-21H2,1-3H3,(H,34,37)(H,35,39)/b10-9-/t24-,26+,27-,28-,29-/m0/s1. The number of ether oxygens (including phenoxy) is 1. The van der Waals surface area contributed by atoms with Crippen LogP contribution in [0.25, 0.3) is 0 Å². The maximum Gasteiger partial charge on any atom is 0.408 e. The SMILES string of the molecule is CC(C)(C)OC(=O)N[C@H]1C/C=C\C[C@H]2[C@@H](Cc3ccccc3)C[C@@H](C(=O)N[C@@H]3CCCc4ccccc43)N2C1=O. The summed E-state index contributed by atoms with van der Waals surface area (Å²) in [6.45, 7) is 5.38. The van der Waals surface area contributed by atoms with Gasteiger partial charge in [-0.15, -0.1) is 0 Å². The highest BCUT2D eigenvalue weighted by atomic mass is 16.6. The Morgan fingerprint density at radius 2 is 1.68 bits per heavy atom. The maximum atomic E-state index is 14.1. The third-order valence-corrected chi connectivity index (χ3v) is 8.25. The lowest BCUT2D eigenvalue weighted by Crippen LogP contribution is -2.57. The van der Waals surface area contributed by atoms with Crippen molar-refractivity contribution in [2.24, 2.45) is 5.92 Å². The van der Waals surface area contributed by atoms with Gasteiger partial charge in [0.15, 0.2) is 0 Å². The summed E-state index contributed by atoms with van der Waals surface area (Å²) in [5, 5.41) is 6.10. The van der Waals surface area contributed by atoms with E-state index in [4.69, 9.17) is 4.74 Å². The number of nitrogens with one attached hydrogen (secondary N) is 2. The van der Waals surface area contributed by atoms with Gasteiger partial charge >= 0.3 is 6.09 Å². The maximum absolute atomic E-state index is 14.1. The Labute approximate surface area is 237 Å². The molecule has 1 fully saturated rings. The molecule has 0 unspecified atom stereocenters. The van der Waals surface area contributed by atoms with E-state index in [1.54, 1.807) is 25.7 Å². The van der Waals surface area contributed by atoms with Crippen LogP contribution < -0.4 is 10.6 Å². The van der Waals surface area contributed by atoms with Gasteiger partial charge in [0.25, 0.3) is 0 Å². The fraction of sp³-hybridized carbons (Fsp3) is 0.485. The van der Waals surface area contributed by atoms with Crippen LogP contribution in [0.2, 0.25) is 0 Å². The van der Waals surface area contributed by atoms with E-state index in [-0.39, 0.29) is 29.8 Å². The number of nitrogens with zero attached hydrogens (tertiary/aromatic N) is 1. The molecule has 1 saturated heterocycles. The predicted molar refractivity (Wildman–Crippen MR) is 154 cm³/mol. The zero-order valence-electron chi connectivity index (χ0n) is 23.8. The lowest BCUT2D eigenvalue weighted by Gasteiger charge is -2.36. The van der Waals surface area contributed by atoms with Gasteiger partial charge < -0.3 is 20.3 Å². The van der Waals surface area contributed by atoms with Gasteiger partial charge in [-0.1, -0.05) is 66.7 Å². The number of fused-ring (bicyclic) bond motifs is 2. The van der Waals surface area contributed by atoms with Crippen LogP contribution in [0.5, 0.6) is 0 Å². The first-order chi connectivity index (χ1) is 19.2. The summed E-state index contributed by atoms with van der Waals surface area (Å²) in [7, 11) is 0. The van der Waals surface area contributed by atoms with E-state index >= 15 is 0 Å². The summed E-state index contributed by atoms with van der Waals surface area (Å²) in [5.74, 6) is -0.221. The van der Waals surface area contributed by atoms with Crippen LogP contribution in [0.1, 0.15) is 75.6 Å². The molecule has 2 aromatic carbocycles. The number of alkyl carbamates (subject to hydrolysis) is 1. The van der Waals surface area contributed by atoms with Crippen molar-refractivity contribution in [2.75, 3.05) is 0 Å². The first-order valence-corrected chi connectivity index (χ1v) is 14.6. The second-order valence-electron chi connectivity index (χ2n) is 12.3. The van der Waals surface area contributed by atoms with Crippen LogP contribution in [0.15, 0.2) is 66.7 Å². The van der Waals surface area contributed by atoms with Crippen molar-refractivity contribution in [3.05, 3.63) is 83.4 Å². The lowest BCUT2D eigenvalue weighted by molar-refractivity contribution is -0.142. The number of amides is 3. The Hall–Kier alpha value is -3.61. The molecule has 2 aliphatic heterocycles. The summed E-state index contributed by atoms with van der Waals surface area (Å²) in [4.78, 5) is 42.6. The van der Waals surface area contributed by atoms with Gasteiger partial charge in [0.1, 0.15) is 17.7 Å². The third-order valence-electron chi connectivity index (χ3n) is 8.25. The minimum absolute atomic E-state index is 0.0653. The molecule has 0 radical (unpaired) electrons. The molecule has 1 aliphatic carbocycles. The largest absolute Gasteiger partial charge is 0.444 e. The first kappa shape index (κ1) is 27.9. The van der Waals surface area contributed by atoms with Crippen molar-refractivity contribution in [2.45, 2.75) is 95.5 Å². The van der Waals surface area contributed by atoms with Gasteiger partial charge in [-0.25, -0.2) is 4.79 Å². The Kier molecular flexibility index (Phi) is 8.29. The van der Waals surface area contributed by atoms with Gasteiger partial charge in [-0.05, 0) is 88.3 Å². The highest BCUT2D eigenvalue weighted by molar-refractivity contribution is 5.92. The monoisotopic (exact) mass is 543 g/mol. The van der Waals surface area contributed by atoms with Gasteiger partial charge in [-0.3, -0.25) is 9.59 Å². The fourth-order valence-corrected chi connectivity index (χ4v) is 6.50. The van der Waals surface area contributed by atoms with E-state index in [1.165, 1.54) is 16.7 Å². The third kappa shape index (κ3) is 6.40. The molecule has 3 amide bonds. The molecule has 2 N–H and O–H groups in total. The van der Waals surface area contributed by atoms with Crippen molar-refractivity contribution >= 4 is 17.9 Å². The number of carbonyl (C=O) groups excluding carboxylic acids is 3. The summed E-state index contributed by atoms with van der Waals surface area (Å²) in [6.07, 6.45) is 8.73. The molecule has 0 bridgehead atoms. The van der Waals surface area contributed by atoms with Crippen LogP contribution in [0.3, 0.4) is 0 Å². The molecule has 0 saturated carbocycles. The summed E-state index contributed by atoms with van der Waals surface area (Å²) in [6, 6.07) is 16.9. The summed E-state index contributed by atoms with van der Waals surface area (Å²) >= 11 is 0. The zero-order chi connectivity index (χ0) is 28.3. The number of hydrogen-bond donors (Lipinski definition) is 2. The number of rotatable bonds is 5. The van der Waals surface area contributed by atoms with Crippen LogP contribution in [-0.2, 0) is 27.2 Å². The first-order valence-electron chi connectivity index (χ1n) is 14.6. The topological polar surface area (TPSA) is 87.7 Å². The van der Waals surface area contributed by atoms with Gasteiger partial charge in [-0.2, -0.15) is 0 Å². The van der Waals surface area contributed by atoms with Crippen molar-refractivity contribution in [3.63, 3.8) is 0 Å². The molecule has 7 heteroatoms. The van der Waals surface area contributed by atoms with E-state index in [0.29, 0.717) is 19.3 Å². The molecule has 2 heterocycles. The van der Waals surface area contributed by atoms with Crippen molar-refractivity contribution < 1.29 is 19.1 Å². The molecular formula is C33H41N3O4. The molecule has 7 nitrogen and oxygen atoms in total. The van der Waals surface area contributed by atoms with E-state index in [1.807, 2.05) is 36.4 Å². The van der Waals surface area contributed by atoms with Crippen molar-refractivity contribution in [3.8, 4) is 0 Å². The fourth-order valence-electron chi connectivity index (χ4n) is 6.50. The smallest absolute Gasteiger partial charge is 0.408 e. The number of hydrogen-bond acceptors (Lipinski definition) is 4. The number of aryl methyl sites for hydroxylation is 1. The molecule has 5 atom stereocenters. The quantitative estimate of drug-likeness (QED) is 0.504. The minimum atomic E-state index is -0.796. The van der Waals surface area contributed by atoms with Crippen molar-refractivity contribution in [1.29, 1.82) is 0 Å². The second-order valence-corrected chi connectivity index (χ2v) is 12.3. The van der Waals surface area contributed by atoms with Crippen LogP contribution in [-0.4, -0.2) is 46.5 Å². The van der Waals surface area contributed by atoms with Gasteiger partial charge in [0.2, 0.25) is 11.8 Å². The van der Waals surface area contributed by atoms with E-state index in [2.05, 4.69) is 41.0 Å². The molecule has 40 heavy (non-hydrogen) atoms. The zero-order valence-corrected chi connectivity index (χ0v) is 23.8. The highest BCUT2D eigenvalue weighted by Crippen LogP contribution is 2.38. The normalized spacial score (nSPS) is 27.0. The Bertz CT molecular complexity index is 1250. The van der Waals surface area contributed by atoms with Crippen LogP contribution >= 0.6 is 0 Å². The van der Waals surface area contributed by atoms with Crippen LogP contribution in [0.4, 0.5) is 4.79 Å². The molecule has 2 aromatic rings. The minimum Gasteiger partial charge on any atom is -0.444 e. The lowest BCUT2D eigenvalue weighted by atomic mass is 9.87. The van der Waals surface area contributed by atoms with Gasteiger partial charge in [0.05, 0.1) is 6.04 Å². The molecule has 3 aliphatic rings. The Balaban J connectivity index is 1.41. The number of benzene rings is 2. The van der Waals surface area contributed by atoms with Crippen molar-refractivity contribution in [1.82, 2.24) is 15.5 Å². The van der Waals surface area contributed by atoms with E-state index < -0.39 is 23.8 Å². The molecule has 5 rings (SSSR count). The van der Waals surface area contributed by atoms with E-state index in [9.17, 15) is 14.4 Å². The molecule has 0 spiro atoms. The second kappa shape index (κ2) is 11.9. The highest BCUT2D eigenvalue weighted by Gasteiger charge is 2.48. The Morgan fingerprint density at radius 3 is 2.45 bits per heavy atom. The van der Waals surface area contributed by atoms with Crippen LogP contribution in [0, 0.1) is 5.92 Å². The summed E-state index contributed by atoms with van der Waals surface area (Å²) in [5.41, 5.74) is 2.96.